The molecule has 4 nitrogen and oxygen atoms in total. The number of ether oxygens (including phenoxy) is 1. The zero-order chi connectivity index (χ0) is 13.2. The van der Waals surface area contributed by atoms with Crippen molar-refractivity contribution in [1.29, 1.82) is 0 Å². The maximum atomic E-state index is 12.2. The molecule has 1 aliphatic rings. The highest BCUT2D eigenvalue weighted by molar-refractivity contribution is 5.90. The summed E-state index contributed by atoms with van der Waals surface area (Å²) >= 11 is 0. The number of Topliss-reactive ketones (excluding diaryl/α,β-unsaturated/α-hetero) is 1. The van der Waals surface area contributed by atoms with Crippen LogP contribution in [0.2, 0.25) is 0 Å². The Labute approximate surface area is 112 Å². The van der Waals surface area contributed by atoms with E-state index in [2.05, 4.69) is 5.10 Å². The van der Waals surface area contributed by atoms with Crippen LogP contribution >= 0.6 is 0 Å². The van der Waals surface area contributed by atoms with E-state index in [4.69, 9.17) is 4.74 Å². The maximum absolute atomic E-state index is 12.2. The number of aryl methyl sites for hydroxylation is 1. The molecule has 1 saturated heterocycles. The van der Waals surface area contributed by atoms with Crippen LogP contribution in [0.4, 0.5) is 0 Å². The summed E-state index contributed by atoms with van der Waals surface area (Å²) in [6.07, 6.45) is 3.14. The summed E-state index contributed by atoms with van der Waals surface area (Å²) in [4.78, 5) is 12.2. The van der Waals surface area contributed by atoms with E-state index in [1.807, 2.05) is 36.0 Å². The number of para-hydroxylation sites is 1. The molecule has 1 atom stereocenters. The van der Waals surface area contributed by atoms with Crippen LogP contribution in [0.5, 0.6) is 0 Å². The number of benzene rings is 1. The predicted octanol–water partition coefficient (Wildman–Crippen LogP) is 2.25. The number of hydrogen-bond acceptors (Lipinski definition) is 3. The number of ketones is 1. The topological polar surface area (TPSA) is 44.1 Å². The van der Waals surface area contributed by atoms with Gasteiger partial charge in [-0.25, -0.2) is 0 Å². The monoisotopic (exact) mass is 258 g/mol. The minimum atomic E-state index is -0.227. The molecule has 0 saturated carbocycles. The van der Waals surface area contributed by atoms with E-state index in [1.54, 1.807) is 0 Å². The molecule has 19 heavy (non-hydrogen) atoms. The van der Waals surface area contributed by atoms with Crippen LogP contribution in [0, 0.1) is 0 Å². The molecule has 0 N–H and O–H groups in total. The Kier molecular flexibility index (Phi) is 3.34. The van der Waals surface area contributed by atoms with Crippen LogP contribution in [0.25, 0.3) is 10.9 Å². The Balaban J connectivity index is 1.83. The number of aromatic nitrogens is 2. The summed E-state index contributed by atoms with van der Waals surface area (Å²) in [6.45, 7) is 0.708. The molecular formula is C15H18N2O2. The van der Waals surface area contributed by atoms with E-state index < -0.39 is 0 Å². The molecular weight excluding hydrogens is 240 g/mol. The Morgan fingerprint density at radius 1 is 1.42 bits per heavy atom. The molecule has 1 aromatic carbocycles. The zero-order valence-electron chi connectivity index (χ0n) is 11.1. The number of rotatable bonds is 3. The van der Waals surface area contributed by atoms with Gasteiger partial charge in [0.2, 0.25) is 0 Å². The SMILES string of the molecule is Cn1nc(CC(=O)C2CCCCO2)c2ccccc21. The third kappa shape index (κ3) is 2.40. The number of carbonyl (C=O) groups excluding carboxylic acids is 1. The number of fused-ring (bicyclic) bond motifs is 1. The number of hydrogen-bond donors (Lipinski definition) is 0. The van der Waals surface area contributed by atoms with Gasteiger partial charge in [-0.05, 0) is 25.3 Å². The first kappa shape index (κ1) is 12.4. The molecule has 1 fully saturated rings. The average Bonchev–Trinajstić information content (AvgIpc) is 2.77. The van der Waals surface area contributed by atoms with Gasteiger partial charge in [-0.15, -0.1) is 0 Å². The molecule has 1 aromatic heterocycles. The van der Waals surface area contributed by atoms with E-state index >= 15 is 0 Å². The van der Waals surface area contributed by atoms with Crippen molar-refractivity contribution in [3.63, 3.8) is 0 Å². The van der Waals surface area contributed by atoms with Crippen molar-refractivity contribution < 1.29 is 9.53 Å². The summed E-state index contributed by atoms with van der Waals surface area (Å²) in [6, 6.07) is 8.01. The Morgan fingerprint density at radius 3 is 3.05 bits per heavy atom. The molecule has 0 bridgehead atoms. The van der Waals surface area contributed by atoms with E-state index in [0.29, 0.717) is 13.0 Å². The first-order valence-corrected chi connectivity index (χ1v) is 6.80. The second-order valence-corrected chi connectivity index (χ2v) is 5.09. The lowest BCUT2D eigenvalue weighted by Gasteiger charge is -2.20. The third-order valence-corrected chi connectivity index (χ3v) is 3.71. The summed E-state index contributed by atoms with van der Waals surface area (Å²) in [5, 5.41) is 5.53. The zero-order valence-corrected chi connectivity index (χ0v) is 11.1. The molecule has 0 radical (unpaired) electrons. The predicted molar refractivity (Wildman–Crippen MR) is 73.0 cm³/mol. The van der Waals surface area contributed by atoms with Crippen molar-refractivity contribution in [2.24, 2.45) is 7.05 Å². The van der Waals surface area contributed by atoms with Crippen molar-refractivity contribution in [2.45, 2.75) is 31.8 Å². The van der Waals surface area contributed by atoms with Crippen LogP contribution in [0.3, 0.4) is 0 Å². The molecule has 0 amide bonds. The highest BCUT2D eigenvalue weighted by Gasteiger charge is 2.23. The van der Waals surface area contributed by atoms with Gasteiger partial charge in [-0.1, -0.05) is 18.2 Å². The van der Waals surface area contributed by atoms with Gasteiger partial charge in [0.1, 0.15) is 6.10 Å². The fourth-order valence-corrected chi connectivity index (χ4v) is 2.69. The van der Waals surface area contributed by atoms with Crippen LogP contribution in [0.15, 0.2) is 24.3 Å². The standard InChI is InChI=1S/C15H18N2O2/c1-17-13-7-3-2-6-11(13)12(16-17)10-14(18)15-8-4-5-9-19-15/h2-3,6-7,15H,4-5,8-10H2,1H3. The van der Waals surface area contributed by atoms with Crippen LogP contribution in [0.1, 0.15) is 25.0 Å². The summed E-state index contributed by atoms with van der Waals surface area (Å²) in [5.74, 6) is 0.156. The van der Waals surface area contributed by atoms with Gasteiger partial charge in [0.25, 0.3) is 0 Å². The van der Waals surface area contributed by atoms with Crippen molar-refractivity contribution in [1.82, 2.24) is 9.78 Å². The minimum absolute atomic E-state index is 0.156. The average molecular weight is 258 g/mol. The van der Waals surface area contributed by atoms with Crippen LogP contribution < -0.4 is 0 Å². The van der Waals surface area contributed by atoms with Gasteiger partial charge in [0.05, 0.1) is 17.6 Å². The molecule has 0 spiro atoms. The van der Waals surface area contributed by atoms with E-state index in [1.165, 1.54) is 0 Å². The fourth-order valence-electron chi connectivity index (χ4n) is 2.69. The maximum Gasteiger partial charge on any atom is 0.167 e. The second kappa shape index (κ2) is 5.13. The molecule has 1 unspecified atom stereocenters. The third-order valence-electron chi connectivity index (χ3n) is 3.71. The van der Waals surface area contributed by atoms with Crippen molar-refractivity contribution in [3.8, 4) is 0 Å². The molecule has 3 rings (SSSR count). The Morgan fingerprint density at radius 2 is 2.26 bits per heavy atom. The normalized spacial score (nSPS) is 19.7. The Bertz CT molecular complexity index is 597. The highest BCUT2D eigenvalue weighted by atomic mass is 16.5. The van der Waals surface area contributed by atoms with Gasteiger partial charge in [-0.2, -0.15) is 5.10 Å². The first-order valence-electron chi connectivity index (χ1n) is 6.80. The van der Waals surface area contributed by atoms with Gasteiger partial charge in [0.15, 0.2) is 5.78 Å². The number of nitrogens with zero attached hydrogens (tertiary/aromatic N) is 2. The summed E-state index contributed by atoms with van der Waals surface area (Å²) < 4.78 is 7.38. The molecule has 1 aliphatic heterocycles. The largest absolute Gasteiger partial charge is 0.370 e. The lowest BCUT2D eigenvalue weighted by atomic mass is 10.0. The quantitative estimate of drug-likeness (QED) is 0.848. The van der Waals surface area contributed by atoms with Crippen molar-refractivity contribution >= 4 is 16.7 Å². The molecule has 0 aliphatic carbocycles. The molecule has 100 valence electrons. The van der Waals surface area contributed by atoms with E-state index in [9.17, 15) is 4.79 Å². The smallest absolute Gasteiger partial charge is 0.167 e. The van der Waals surface area contributed by atoms with Crippen molar-refractivity contribution in [3.05, 3.63) is 30.0 Å². The van der Waals surface area contributed by atoms with Crippen molar-refractivity contribution in [2.75, 3.05) is 6.61 Å². The first-order chi connectivity index (χ1) is 9.25. The van der Waals surface area contributed by atoms with Crippen LogP contribution in [-0.2, 0) is 23.0 Å². The lowest BCUT2D eigenvalue weighted by molar-refractivity contribution is -0.132. The Hall–Kier alpha value is -1.68. The number of carbonyl (C=O) groups is 1. The van der Waals surface area contributed by atoms with E-state index in [-0.39, 0.29) is 11.9 Å². The summed E-state index contributed by atoms with van der Waals surface area (Å²) in [7, 11) is 1.91. The van der Waals surface area contributed by atoms with E-state index in [0.717, 1.165) is 35.9 Å². The molecule has 2 heterocycles. The highest BCUT2D eigenvalue weighted by Crippen LogP contribution is 2.20. The molecule has 2 aromatic rings. The fraction of sp³-hybridized carbons (Fsp3) is 0.467. The van der Waals surface area contributed by atoms with Gasteiger partial charge in [-0.3, -0.25) is 9.48 Å². The van der Waals surface area contributed by atoms with Gasteiger partial charge in [0, 0.05) is 19.0 Å². The minimum Gasteiger partial charge on any atom is -0.370 e. The summed E-state index contributed by atoms with van der Waals surface area (Å²) in [5.41, 5.74) is 1.92. The van der Waals surface area contributed by atoms with Gasteiger partial charge < -0.3 is 4.74 Å². The van der Waals surface area contributed by atoms with Gasteiger partial charge >= 0.3 is 0 Å². The molecule has 4 heteroatoms. The second-order valence-electron chi connectivity index (χ2n) is 5.09. The van der Waals surface area contributed by atoms with Crippen LogP contribution in [-0.4, -0.2) is 28.3 Å². The lowest BCUT2D eigenvalue weighted by Crippen LogP contribution is -2.29.